The van der Waals surface area contributed by atoms with Gasteiger partial charge in [-0.25, -0.2) is 13.2 Å². The van der Waals surface area contributed by atoms with Crippen LogP contribution in [0.4, 0.5) is 16.4 Å². The summed E-state index contributed by atoms with van der Waals surface area (Å²) in [5.74, 6) is 0.393. The third kappa shape index (κ3) is 4.99. The smallest absolute Gasteiger partial charge is 0.414 e. The molecule has 2 aromatic heterocycles. The van der Waals surface area contributed by atoms with Gasteiger partial charge in [0.25, 0.3) is 5.16 Å². The monoisotopic (exact) mass is 520 g/mol. The predicted molar refractivity (Wildman–Crippen MR) is 139 cm³/mol. The lowest BCUT2D eigenvalue weighted by molar-refractivity contribution is 0.147. The summed E-state index contributed by atoms with van der Waals surface area (Å²) in [5.41, 5.74) is 5.03. The summed E-state index contributed by atoms with van der Waals surface area (Å²) in [5, 5.41) is 7.38. The Morgan fingerprint density at radius 3 is 2.62 bits per heavy atom. The van der Waals surface area contributed by atoms with Crippen LogP contribution >= 0.6 is 0 Å². The number of hydrogen-bond donors (Lipinski definition) is 1. The van der Waals surface area contributed by atoms with Gasteiger partial charge in [0.05, 0.1) is 11.9 Å². The van der Waals surface area contributed by atoms with Gasteiger partial charge in [0.2, 0.25) is 15.8 Å². The summed E-state index contributed by atoms with van der Waals surface area (Å²) in [7, 11) is -3.63. The molecule has 0 radical (unpaired) electrons. The van der Waals surface area contributed by atoms with Crippen LogP contribution in [0, 0.1) is 0 Å². The highest BCUT2D eigenvalue weighted by atomic mass is 32.2. The zero-order valence-corrected chi connectivity index (χ0v) is 21.7. The molecule has 0 bridgehead atoms. The minimum absolute atomic E-state index is 0.109. The van der Waals surface area contributed by atoms with E-state index in [9.17, 15) is 13.2 Å². The number of nitrogens with zero attached hydrogens (tertiary/aromatic N) is 5. The van der Waals surface area contributed by atoms with Crippen LogP contribution in [0.2, 0.25) is 0 Å². The Hall–Kier alpha value is -3.99. The Bertz CT molecular complexity index is 1570. The lowest BCUT2D eigenvalue weighted by atomic mass is 10.1. The minimum atomic E-state index is -3.63. The van der Waals surface area contributed by atoms with Crippen molar-refractivity contribution in [2.75, 3.05) is 23.0 Å². The van der Waals surface area contributed by atoms with Gasteiger partial charge < -0.3 is 10.1 Å². The molecule has 37 heavy (non-hydrogen) atoms. The number of aromatic nitrogens is 4. The van der Waals surface area contributed by atoms with Crippen LogP contribution in [0.5, 0.6) is 0 Å². The van der Waals surface area contributed by atoms with Crippen LogP contribution in [-0.4, -0.2) is 46.9 Å². The predicted octanol–water partition coefficient (Wildman–Crippen LogP) is 3.96. The second-order valence-electron chi connectivity index (χ2n) is 9.30. The molecule has 0 spiro atoms. The Labute approximate surface area is 215 Å². The van der Waals surface area contributed by atoms with Crippen molar-refractivity contribution in [2.45, 2.75) is 44.5 Å². The normalized spacial score (nSPS) is 13.2. The lowest BCUT2D eigenvalue weighted by Gasteiger charge is -2.18. The molecule has 0 unspecified atom stereocenters. The first-order valence-corrected chi connectivity index (χ1v) is 13.9. The highest BCUT2D eigenvalue weighted by Crippen LogP contribution is 2.32. The van der Waals surface area contributed by atoms with Gasteiger partial charge in [-0.3, -0.25) is 4.90 Å². The second kappa shape index (κ2) is 9.81. The number of amides is 1. The number of sulfone groups is 1. The van der Waals surface area contributed by atoms with E-state index in [0.29, 0.717) is 25.2 Å². The Morgan fingerprint density at radius 1 is 1.11 bits per heavy atom. The van der Waals surface area contributed by atoms with E-state index >= 15 is 0 Å². The first-order valence-electron chi connectivity index (χ1n) is 12.0. The summed E-state index contributed by atoms with van der Waals surface area (Å²) in [6.45, 7) is 5.09. The van der Waals surface area contributed by atoms with Crippen molar-refractivity contribution in [3.8, 4) is 0 Å². The molecule has 0 saturated heterocycles. The van der Waals surface area contributed by atoms with Gasteiger partial charge in [-0.1, -0.05) is 56.3 Å². The van der Waals surface area contributed by atoms with Gasteiger partial charge in [-0.15, -0.1) is 0 Å². The Balaban J connectivity index is 1.38. The summed E-state index contributed by atoms with van der Waals surface area (Å²) >= 11 is 0. The molecule has 11 heteroatoms. The first-order chi connectivity index (χ1) is 17.7. The molecule has 2 aromatic carbocycles. The highest BCUT2D eigenvalue weighted by molar-refractivity contribution is 7.90. The average molecular weight is 521 g/mol. The van der Waals surface area contributed by atoms with Crippen molar-refractivity contribution < 1.29 is 17.9 Å². The molecule has 1 N–H and O–H groups in total. The Morgan fingerprint density at radius 2 is 1.89 bits per heavy atom. The van der Waals surface area contributed by atoms with Gasteiger partial charge in [0.15, 0.2) is 5.65 Å². The maximum Gasteiger partial charge on any atom is 0.414 e. The summed E-state index contributed by atoms with van der Waals surface area (Å²) in [4.78, 5) is 23.0. The molecular weight excluding hydrogens is 492 g/mol. The molecule has 0 atom stereocenters. The summed E-state index contributed by atoms with van der Waals surface area (Å²) < 4.78 is 31.6. The van der Waals surface area contributed by atoms with E-state index < -0.39 is 9.84 Å². The van der Waals surface area contributed by atoms with Crippen molar-refractivity contribution in [1.82, 2.24) is 19.6 Å². The maximum absolute atomic E-state index is 12.8. The van der Waals surface area contributed by atoms with Crippen molar-refractivity contribution in [3.05, 3.63) is 77.0 Å². The molecule has 192 valence electrons. The highest BCUT2D eigenvalue weighted by Gasteiger charge is 2.28. The molecule has 0 saturated carbocycles. The number of fused-ring (bicyclic) bond motifs is 2. The van der Waals surface area contributed by atoms with Crippen LogP contribution in [-0.2, 0) is 34.1 Å². The van der Waals surface area contributed by atoms with Gasteiger partial charge in [0.1, 0.15) is 6.61 Å². The molecule has 4 aromatic rings. The number of anilines is 2. The molecule has 0 fully saturated rings. The molecule has 0 aliphatic carbocycles. The van der Waals surface area contributed by atoms with Crippen molar-refractivity contribution >= 4 is 33.2 Å². The van der Waals surface area contributed by atoms with E-state index in [0.717, 1.165) is 34.2 Å². The van der Waals surface area contributed by atoms with Crippen molar-refractivity contribution in [2.24, 2.45) is 0 Å². The van der Waals surface area contributed by atoms with E-state index in [1.54, 1.807) is 11.1 Å². The molecule has 1 amide bonds. The van der Waals surface area contributed by atoms with Crippen LogP contribution < -0.4 is 10.2 Å². The summed E-state index contributed by atoms with van der Waals surface area (Å²) in [6.07, 6.45) is 3.07. The molecule has 1 aliphatic heterocycles. The zero-order valence-electron chi connectivity index (χ0n) is 20.9. The van der Waals surface area contributed by atoms with E-state index in [2.05, 4.69) is 20.4 Å². The molecule has 3 heterocycles. The standard InChI is InChI=1S/C26H28N6O4S/c1-17(2)21-15-28-32-23(21)29-25(37(3,34)35)30-24(32)27-14-19-10-7-11-22-20(19)12-13-31(22)26(33)36-16-18-8-5-4-6-9-18/h4-11,15,17H,12-14,16H2,1-3H3,(H,27,29,30). The second-order valence-corrected chi connectivity index (χ2v) is 11.2. The fourth-order valence-corrected chi connectivity index (χ4v) is 4.90. The van der Waals surface area contributed by atoms with Crippen LogP contribution in [0.1, 0.15) is 42.0 Å². The van der Waals surface area contributed by atoms with E-state index in [1.807, 2.05) is 62.4 Å². The van der Waals surface area contributed by atoms with Crippen molar-refractivity contribution in [3.63, 3.8) is 0 Å². The molecule has 10 nitrogen and oxygen atoms in total. The van der Waals surface area contributed by atoms with Crippen molar-refractivity contribution in [1.29, 1.82) is 0 Å². The molecule has 1 aliphatic rings. The van der Waals surface area contributed by atoms with E-state index in [1.165, 1.54) is 4.52 Å². The molecule has 5 rings (SSSR count). The Kier molecular flexibility index (Phi) is 6.55. The van der Waals surface area contributed by atoms with Crippen LogP contribution in [0.3, 0.4) is 0 Å². The fourth-order valence-electron chi connectivity index (χ4n) is 4.40. The lowest BCUT2D eigenvalue weighted by Crippen LogP contribution is -2.29. The average Bonchev–Trinajstić information content (AvgIpc) is 3.51. The SMILES string of the molecule is CC(C)c1cnn2c(NCc3cccc4c3CCN4C(=O)OCc3ccccc3)nc(S(C)(=O)=O)nc12. The van der Waals surface area contributed by atoms with Gasteiger partial charge in [-0.05, 0) is 35.1 Å². The number of benzene rings is 2. The third-order valence-corrected chi connectivity index (χ3v) is 7.16. The van der Waals surface area contributed by atoms with Gasteiger partial charge >= 0.3 is 6.09 Å². The third-order valence-electron chi connectivity index (χ3n) is 6.32. The first kappa shape index (κ1) is 24.7. The van der Waals surface area contributed by atoms with E-state index in [-0.39, 0.29) is 29.7 Å². The fraction of sp³-hybridized carbons (Fsp3) is 0.308. The number of rotatable bonds is 7. The van der Waals surface area contributed by atoms with Gasteiger partial charge in [0, 0.05) is 24.9 Å². The number of carbonyl (C=O) groups is 1. The number of carbonyl (C=O) groups excluding carboxylic acids is 1. The van der Waals surface area contributed by atoms with Crippen LogP contribution in [0.15, 0.2) is 59.9 Å². The zero-order chi connectivity index (χ0) is 26.2. The maximum atomic E-state index is 12.8. The largest absolute Gasteiger partial charge is 0.444 e. The minimum Gasteiger partial charge on any atom is -0.444 e. The van der Waals surface area contributed by atoms with Gasteiger partial charge in [-0.2, -0.15) is 19.6 Å². The quantitative estimate of drug-likeness (QED) is 0.389. The topological polar surface area (TPSA) is 119 Å². The number of ether oxygens (including phenoxy) is 1. The summed E-state index contributed by atoms with van der Waals surface area (Å²) in [6, 6.07) is 15.3. The number of nitrogens with one attached hydrogen (secondary N) is 1. The number of hydrogen-bond acceptors (Lipinski definition) is 8. The van der Waals surface area contributed by atoms with E-state index in [4.69, 9.17) is 4.74 Å². The molecular formula is C26H28N6O4S. The van der Waals surface area contributed by atoms with Crippen LogP contribution in [0.25, 0.3) is 5.65 Å².